The molecule has 1 rings (SSSR count). The highest BCUT2D eigenvalue weighted by atomic mass is 16.5. The van der Waals surface area contributed by atoms with E-state index in [2.05, 4.69) is 4.90 Å². The fourth-order valence-electron chi connectivity index (χ4n) is 1.88. The van der Waals surface area contributed by atoms with Gasteiger partial charge in [0.25, 0.3) is 0 Å². The number of ether oxygens (including phenoxy) is 2. The van der Waals surface area contributed by atoms with Gasteiger partial charge in [0.2, 0.25) is 0 Å². The highest BCUT2D eigenvalue weighted by Gasteiger charge is 2.09. The van der Waals surface area contributed by atoms with Crippen LogP contribution in [0, 0.1) is 5.41 Å². The SMILES string of the molecule is COc1ccc(C(=N)N)cc1CN(C)CCOC(C)C. The standard InChI is InChI=1S/C15H25N3O2/c1-11(2)20-8-7-18(3)10-13-9-12(15(16)17)5-6-14(13)19-4/h5-6,9,11H,7-8,10H2,1-4H3,(H3,16,17). The fraction of sp³-hybridized carbons (Fsp3) is 0.533. The number of nitrogens with one attached hydrogen (secondary N) is 1. The third-order valence-electron chi connectivity index (χ3n) is 2.96. The maximum Gasteiger partial charge on any atom is 0.123 e. The molecule has 3 N–H and O–H groups in total. The van der Waals surface area contributed by atoms with Gasteiger partial charge in [0.1, 0.15) is 11.6 Å². The second-order valence-electron chi connectivity index (χ2n) is 5.10. The Kier molecular flexibility index (Phi) is 6.48. The van der Waals surface area contributed by atoms with Crippen LogP contribution >= 0.6 is 0 Å². The summed E-state index contributed by atoms with van der Waals surface area (Å²) in [7, 11) is 3.68. The molecule has 0 aliphatic rings. The average Bonchev–Trinajstić information content (AvgIpc) is 2.38. The molecule has 20 heavy (non-hydrogen) atoms. The molecule has 0 aliphatic carbocycles. The summed E-state index contributed by atoms with van der Waals surface area (Å²) in [5.41, 5.74) is 7.26. The molecule has 0 saturated heterocycles. The number of hydrogen-bond acceptors (Lipinski definition) is 4. The van der Waals surface area contributed by atoms with E-state index < -0.39 is 0 Å². The third-order valence-corrected chi connectivity index (χ3v) is 2.96. The Bertz CT molecular complexity index is 447. The van der Waals surface area contributed by atoms with Crippen molar-refractivity contribution in [1.29, 1.82) is 5.41 Å². The van der Waals surface area contributed by atoms with Crippen LogP contribution in [0.4, 0.5) is 0 Å². The highest BCUT2D eigenvalue weighted by Crippen LogP contribution is 2.21. The first-order chi connectivity index (χ1) is 9.43. The normalized spacial score (nSPS) is 11.1. The van der Waals surface area contributed by atoms with Gasteiger partial charge >= 0.3 is 0 Å². The van der Waals surface area contributed by atoms with Crippen molar-refractivity contribution in [2.45, 2.75) is 26.5 Å². The number of nitrogens with two attached hydrogens (primary N) is 1. The largest absolute Gasteiger partial charge is 0.496 e. The molecule has 0 bridgehead atoms. The Morgan fingerprint density at radius 3 is 2.65 bits per heavy atom. The molecule has 0 fully saturated rings. The number of hydrogen-bond donors (Lipinski definition) is 2. The molecule has 0 radical (unpaired) electrons. The van der Waals surface area contributed by atoms with E-state index in [1.165, 1.54) is 0 Å². The van der Waals surface area contributed by atoms with Gasteiger partial charge in [-0.05, 0) is 39.1 Å². The molecular formula is C15H25N3O2. The van der Waals surface area contributed by atoms with Gasteiger partial charge in [0.15, 0.2) is 0 Å². The second kappa shape index (κ2) is 7.87. The third kappa shape index (κ3) is 5.19. The van der Waals surface area contributed by atoms with Crippen molar-refractivity contribution in [3.63, 3.8) is 0 Å². The molecule has 5 nitrogen and oxygen atoms in total. The van der Waals surface area contributed by atoms with Crippen LogP contribution in [-0.4, -0.2) is 44.1 Å². The van der Waals surface area contributed by atoms with Crippen LogP contribution in [0.5, 0.6) is 5.75 Å². The summed E-state index contributed by atoms with van der Waals surface area (Å²) in [5, 5.41) is 7.50. The predicted molar refractivity (Wildman–Crippen MR) is 81.4 cm³/mol. The van der Waals surface area contributed by atoms with Gasteiger partial charge in [-0.15, -0.1) is 0 Å². The van der Waals surface area contributed by atoms with Crippen molar-refractivity contribution in [2.24, 2.45) is 5.73 Å². The van der Waals surface area contributed by atoms with E-state index in [4.69, 9.17) is 20.6 Å². The summed E-state index contributed by atoms with van der Waals surface area (Å²) in [5.74, 6) is 0.881. The molecule has 1 aromatic rings. The molecule has 0 atom stereocenters. The van der Waals surface area contributed by atoms with E-state index in [0.29, 0.717) is 12.2 Å². The van der Waals surface area contributed by atoms with Crippen LogP contribution in [0.25, 0.3) is 0 Å². The van der Waals surface area contributed by atoms with Crippen LogP contribution < -0.4 is 10.5 Å². The van der Waals surface area contributed by atoms with Gasteiger partial charge < -0.3 is 15.2 Å². The van der Waals surface area contributed by atoms with Crippen LogP contribution in [-0.2, 0) is 11.3 Å². The second-order valence-corrected chi connectivity index (χ2v) is 5.10. The Labute approximate surface area is 121 Å². The Morgan fingerprint density at radius 1 is 1.40 bits per heavy atom. The topological polar surface area (TPSA) is 71.6 Å². The summed E-state index contributed by atoms with van der Waals surface area (Å²) < 4.78 is 10.9. The zero-order chi connectivity index (χ0) is 15.1. The van der Waals surface area contributed by atoms with Gasteiger partial charge in [0.05, 0.1) is 19.8 Å². The minimum Gasteiger partial charge on any atom is -0.496 e. The lowest BCUT2D eigenvalue weighted by Crippen LogP contribution is -2.24. The minimum atomic E-state index is 0.0692. The number of amidine groups is 1. The zero-order valence-electron chi connectivity index (χ0n) is 12.8. The predicted octanol–water partition coefficient (Wildman–Crippen LogP) is 1.84. The van der Waals surface area contributed by atoms with E-state index in [0.717, 1.165) is 24.4 Å². The zero-order valence-corrected chi connectivity index (χ0v) is 12.8. The molecule has 1 aromatic carbocycles. The molecule has 0 unspecified atom stereocenters. The van der Waals surface area contributed by atoms with E-state index in [1.807, 2.05) is 33.0 Å². The Hall–Kier alpha value is -1.59. The first-order valence-corrected chi connectivity index (χ1v) is 6.75. The van der Waals surface area contributed by atoms with Crippen molar-refractivity contribution in [3.8, 4) is 5.75 Å². The molecule has 112 valence electrons. The first-order valence-electron chi connectivity index (χ1n) is 6.75. The minimum absolute atomic E-state index is 0.0692. The van der Waals surface area contributed by atoms with Crippen molar-refractivity contribution in [1.82, 2.24) is 4.90 Å². The van der Waals surface area contributed by atoms with Crippen LogP contribution in [0.15, 0.2) is 18.2 Å². The number of nitrogens with zero attached hydrogens (tertiary/aromatic N) is 1. The molecule has 0 amide bonds. The molecule has 0 saturated carbocycles. The quantitative estimate of drug-likeness (QED) is 0.562. The van der Waals surface area contributed by atoms with E-state index in [9.17, 15) is 0 Å². The maximum absolute atomic E-state index is 7.50. The van der Waals surface area contributed by atoms with Gasteiger partial charge in [-0.2, -0.15) is 0 Å². The van der Waals surface area contributed by atoms with Gasteiger partial charge in [-0.1, -0.05) is 0 Å². The van der Waals surface area contributed by atoms with E-state index >= 15 is 0 Å². The first kappa shape index (κ1) is 16.5. The lowest BCUT2D eigenvalue weighted by atomic mass is 10.1. The van der Waals surface area contributed by atoms with Crippen molar-refractivity contribution < 1.29 is 9.47 Å². The van der Waals surface area contributed by atoms with Crippen molar-refractivity contribution in [2.75, 3.05) is 27.3 Å². The summed E-state index contributed by atoms with van der Waals surface area (Å²) >= 11 is 0. The maximum atomic E-state index is 7.50. The van der Waals surface area contributed by atoms with Gasteiger partial charge in [-0.25, -0.2) is 0 Å². The van der Waals surface area contributed by atoms with E-state index in [-0.39, 0.29) is 11.9 Å². The molecule has 0 heterocycles. The van der Waals surface area contributed by atoms with Crippen molar-refractivity contribution in [3.05, 3.63) is 29.3 Å². The van der Waals surface area contributed by atoms with E-state index in [1.54, 1.807) is 13.2 Å². The van der Waals surface area contributed by atoms with Crippen molar-refractivity contribution >= 4 is 5.84 Å². The highest BCUT2D eigenvalue weighted by molar-refractivity contribution is 5.95. The number of methoxy groups -OCH3 is 1. The summed E-state index contributed by atoms with van der Waals surface area (Å²) in [6.45, 7) is 6.32. The fourth-order valence-corrected chi connectivity index (χ4v) is 1.88. The molecule has 0 spiro atoms. The number of rotatable bonds is 8. The van der Waals surface area contributed by atoms with Gasteiger partial charge in [0, 0.05) is 24.2 Å². The lowest BCUT2D eigenvalue weighted by Gasteiger charge is -2.19. The lowest BCUT2D eigenvalue weighted by molar-refractivity contribution is 0.0626. The molecular weight excluding hydrogens is 254 g/mol. The van der Waals surface area contributed by atoms with Crippen LogP contribution in [0.2, 0.25) is 0 Å². The monoisotopic (exact) mass is 279 g/mol. The van der Waals surface area contributed by atoms with Crippen LogP contribution in [0.3, 0.4) is 0 Å². The number of benzene rings is 1. The summed E-state index contributed by atoms with van der Waals surface area (Å²) in [4.78, 5) is 2.16. The average molecular weight is 279 g/mol. The molecule has 0 aromatic heterocycles. The molecule has 5 heteroatoms. The van der Waals surface area contributed by atoms with Gasteiger partial charge in [-0.3, -0.25) is 10.3 Å². The summed E-state index contributed by atoms with van der Waals surface area (Å²) in [6.07, 6.45) is 0.249. The van der Waals surface area contributed by atoms with Crippen LogP contribution in [0.1, 0.15) is 25.0 Å². The number of likely N-dealkylation sites (N-methyl/N-ethyl adjacent to an activating group) is 1. The number of nitrogen functional groups attached to an aromatic ring is 1. The Morgan fingerprint density at radius 2 is 2.10 bits per heavy atom. The molecule has 0 aliphatic heterocycles. The Balaban J connectivity index is 2.69. The smallest absolute Gasteiger partial charge is 0.123 e. The summed E-state index contributed by atoms with van der Waals surface area (Å²) in [6, 6.07) is 5.55.